The number of ether oxygens (including phenoxy) is 3. The lowest BCUT2D eigenvalue weighted by atomic mass is 10.0. The van der Waals surface area contributed by atoms with Gasteiger partial charge in [0.05, 0.1) is 27.5 Å². The van der Waals surface area contributed by atoms with Crippen LogP contribution in [0.3, 0.4) is 0 Å². The van der Waals surface area contributed by atoms with Gasteiger partial charge in [-0.2, -0.15) is 5.10 Å². The lowest BCUT2D eigenvalue weighted by molar-refractivity contribution is 0.218. The topological polar surface area (TPSA) is 65.7 Å². The quantitative estimate of drug-likeness (QED) is 0.898. The molecule has 0 radical (unpaired) electrons. The smallest absolute Gasteiger partial charge is 0.203 e. The summed E-state index contributed by atoms with van der Waals surface area (Å²) in [6.45, 7) is 0. The van der Waals surface area contributed by atoms with Crippen molar-refractivity contribution in [3.05, 3.63) is 35.7 Å². The van der Waals surface area contributed by atoms with Crippen molar-refractivity contribution in [2.45, 2.75) is 6.10 Å². The Bertz CT molecular complexity index is 570. The number of benzene rings is 1. The van der Waals surface area contributed by atoms with Crippen molar-refractivity contribution in [2.24, 2.45) is 7.05 Å². The monoisotopic (exact) mass is 278 g/mol. The maximum atomic E-state index is 10.4. The van der Waals surface area contributed by atoms with Crippen molar-refractivity contribution in [1.82, 2.24) is 9.78 Å². The Balaban J connectivity index is 2.46. The molecule has 6 nitrogen and oxygen atoms in total. The molecule has 20 heavy (non-hydrogen) atoms. The van der Waals surface area contributed by atoms with Gasteiger partial charge in [0.2, 0.25) is 5.75 Å². The molecule has 2 aromatic rings. The number of rotatable bonds is 5. The number of aliphatic hydroxyl groups excluding tert-OH is 1. The highest BCUT2D eigenvalue weighted by atomic mass is 16.5. The summed E-state index contributed by atoms with van der Waals surface area (Å²) < 4.78 is 17.4. The molecule has 0 saturated carbocycles. The first-order valence-corrected chi connectivity index (χ1v) is 6.07. The van der Waals surface area contributed by atoms with E-state index in [1.54, 1.807) is 36.3 Å². The summed E-state index contributed by atoms with van der Waals surface area (Å²) in [5.41, 5.74) is 1.34. The fourth-order valence-electron chi connectivity index (χ4n) is 2.03. The summed E-state index contributed by atoms with van der Waals surface area (Å²) in [5.74, 6) is 1.51. The number of aryl methyl sites for hydroxylation is 1. The van der Waals surface area contributed by atoms with Gasteiger partial charge < -0.3 is 19.3 Å². The Morgan fingerprint density at radius 2 is 1.65 bits per heavy atom. The maximum Gasteiger partial charge on any atom is 0.203 e. The zero-order valence-electron chi connectivity index (χ0n) is 12.0. The summed E-state index contributed by atoms with van der Waals surface area (Å²) >= 11 is 0. The average Bonchev–Trinajstić information content (AvgIpc) is 2.91. The zero-order chi connectivity index (χ0) is 14.7. The summed E-state index contributed by atoms with van der Waals surface area (Å²) in [6, 6.07) is 3.44. The van der Waals surface area contributed by atoms with Crippen LogP contribution < -0.4 is 14.2 Å². The molecule has 0 amide bonds. The number of hydrogen-bond acceptors (Lipinski definition) is 5. The molecule has 0 fully saturated rings. The maximum absolute atomic E-state index is 10.4. The molecule has 1 aromatic heterocycles. The third-order valence-corrected chi connectivity index (χ3v) is 3.04. The number of nitrogens with zero attached hydrogens (tertiary/aromatic N) is 2. The van der Waals surface area contributed by atoms with E-state index in [1.165, 1.54) is 21.3 Å². The molecular formula is C14H18N2O4. The molecule has 1 atom stereocenters. The van der Waals surface area contributed by atoms with E-state index >= 15 is 0 Å². The molecule has 0 bridgehead atoms. The first-order valence-electron chi connectivity index (χ1n) is 6.07. The first kappa shape index (κ1) is 14.2. The Hall–Kier alpha value is -2.21. The first-order chi connectivity index (χ1) is 9.60. The molecular weight excluding hydrogens is 260 g/mol. The van der Waals surface area contributed by atoms with Crippen molar-refractivity contribution < 1.29 is 19.3 Å². The predicted molar refractivity (Wildman–Crippen MR) is 73.4 cm³/mol. The van der Waals surface area contributed by atoms with Gasteiger partial charge in [0, 0.05) is 18.8 Å². The molecule has 1 N–H and O–H groups in total. The largest absolute Gasteiger partial charge is 0.493 e. The second-order valence-electron chi connectivity index (χ2n) is 4.31. The summed E-state index contributed by atoms with van der Waals surface area (Å²) in [6.07, 6.45) is 2.57. The van der Waals surface area contributed by atoms with Crippen LogP contribution in [-0.4, -0.2) is 36.2 Å². The van der Waals surface area contributed by atoms with Gasteiger partial charge in [0.25, 0.3) is 0 Å². The van der Waals surface area contributed by atoms with Crippen molar-refractivity contribution in [3.8, 4) is 17.2 Å². The second kappa shape index (κ2) is 5.83. The Labute approximate surface area is 117 Å². The summed E-state index contributed by atoms with van der Waals surface area (Å²) in [4.78, 5) is 0. The highest BCUT2D eigenvalue weighted by molar-refractivity contribution is 5.55. The van der Waals surface area contributed by atoms with E-state index in [0.717, 1.165) is 0 Å². The molecule has 0 aliphatic carbocycles. The van der Waals surface area contributed by atoms with Gasteiger partial charge in [-0.15, -0.1) is 0 Å². The van der Waals surface area contributed by atoms with Gasteiger partial charge in [-0.25, -0.2) is 0 Å². The Morgan fingerprint density at radius 3 is 2.05 bits per heavy atom. The van der Waals surface area contributed by atoms with Crippen LogP contribution >= 0.6 is 0 Å². The van der Waals surface area contributed by atoms with E-state index in [2.05, 4.69) is 5.10 Å². The third-order valence-electron chi connectivity index (χ3n) is 3.04. The van der Waals surface area contributed by atoms with Gasteiger partial charge >= 0.3 is 0 Å². The van der Waals surface area contributed by atoms with Crippen LogP contribution in [-0.2, 0) is 7.05 Å². The SMILES string of the molecule is COc1cc(C(O)c2cnn(C)c2)cc(OC)c1OC. The van der Waals surface area contributed by atoms with Crippen LogP contribution in [0.2, 0.25) is 0 Å². The fourth-order valence-corrected chi connectivity index (χ4v) is 2.03. The Morgan fingerprint density at radius 1 is 1.05 bits per heavy atom. The summed E-state index contributed by atoms with van der Waals surface area (Å²) in [5, 5.41) is 14.5. The minimum Gasteiger partial charge on any atom is -0.493 e. The van der Waals surface area contributed by atoms with Crippen LogP contribution in [0, 0.1) is 0 Å². The van der Waals surface area contributed by atoms with Crippen molar-refractivity contribution in [1.29, 1.82) is 0 Å². The number of hydrogen-bond donors (Lipinski definition) is 1. The van der Waals surface area contributed by atoms with Crippen LogP contribution in [0.15, 0.2) is 24.5 Å². The average molecular weight is 278 g/mol. The van der Waals surface area contributed by atoms with Crippen molar-refractivity contribution in [2.75, 3.05) is 21.3 Å². The molecule has 6 heteroatoms. The van der Waals surface area contributed by atoms with Crippen molar-refractivity contribution in [3.63, 3.8) is 0 Å². The van der Waals surface area contributed by atoms with Gasteiger partial charge in [-0.05, 0) is 17.7 Å². The molecule has 1 heterocycles. The Kier molecular flexibility index (Phi) is 4.14. The van der Waals surface area contributed by atoms with Crippen LogP contribution in [0.1, 0.15) is 17.2 Å². The van der Waals surface area contributed by atoms with Gasteiger partial charge in [0.1, 0.15) is 6.10 Å². The van der Waals surface area contributed by atoms with Gasteiger partial charge in [-0.1, -0.05) is 0 Å². The number of aromatic nitrogens is 2. The lowest BCUT2D eigenvalue weighted by Crippen LogP contribution is -2.02. The predicted octanol–water partition coefficient (Wildman–Crippen LogP) is 1.53. The molecule has 2 rings (SSSR count). The van der Waals surface area contributed by atoms with E-state index in [9.17, 15) is 5.11 Å². The molecule has 0 saturated heterocycles. The van der Waals surface area contributed by atoms with Gasteiger partial charge in [-0.3, -0.25) is 4.68 Å². The van der Waals surface area contributed by atoms with E-state index in [0.29, 0.717) is 28.4 Å². The highest BCUT2D eigenvalue weighted by Crippen LogP contribution is 2.40. The molecule has 0 spiro atoms. The highest BCUT2D eigenvalue weighted by Gasteiger charge is 2.19. The standard InChI is InChI=1S/C14H18N2O4/c1-16-8-10(7-15-16)13(17)9-5-11(18-2)14(20-4)12(6-9)19-3/h5-8,13,17H,1-4H3. The number of aliphatic hydroxyl groups is 1. The van der Waals surface area contributed by atoms with Crippen LogP contribution in [0.4, 0.5) is 0 Å². The van der Waals surface area contributed by atoms with Crippen molar-refractivity contribution >= 4 is 0 Å². The molecule has 0 aliphatic heterocycles. The molecule has 1 aromatic carbocycles. The summed E-state index contributed by atoms with van der Waals surface area (Å²) in [7, 11) is 6.41. The molecule has 108 valence electrons. The normalized spacial score (nSPS) is 12.1. The number of methoxy groups -OCH3 is 3. The van der Waals surface area contributed by atoms with E-state index in [4.69, 9.17) is 14.2 Å². The van der Waals surface area contributed by atoms with Gasteiger partial charge in [0.15, 0.2) is 11.5 Å². The van der Waals surface area contributed by atoms with E-state index in [-0.39, 0.29) is 0 Å². The molecule has 0 aliphatic rings. The fraction of sp³-hybridized carbons (Fsp3) is 0.357. The third kappa shape index (κ3) is 2.55. The zero-order valence-corrected chi connectivity index (χ0v) is 12.0. The minimum atomic E-state index is -0.808. The van der Waals surface area contributed by atoms with E-state index in [1.807, 2.05) is 0 Å². The second-order valence-corrected chi connectivity index (χ2v) is 4.31. The minimum absolute atomic E-state index is 0.497. The van der Waals surface area contributed by atoms with Crippen LogP contribution in [0.25, 0.3) is 0 Å². The van der Waals surface area contributed by atoms with Crippen LogP contribution in [0.5, 0.6) is 17.2 Å². The molecule has 1 unspecified atom stereocenters. The lowest BCUT2D eigenvalue weighted by Gasteiger charge is -2.16. The van der Waals surface area contributed by atoms with E-state index < -0.39 is 6.10 Å².